The van der Waals surface area contributed by atoms with E-state index in [4.69, 9.17) is 16.6 Å². The van der Waals surface area contributed by atoms with Crippen molar-refractivity contribution >= 4 is 34.1 Å². The maximum absolute atomic E-state index is 12.7. The standard InChI is InChI=1S/C23H25ClN6O/c24-21-12-16(1-8-27-21)20-11-17-13-25-7-3-19(17)22(29-20)30-9-4-15(5-10-30)23(31)28-18-2-6-26-14-18/h1,3,7-8,11-13,15,18,26H,2,4-6,9-10,14H2,(H,28,31). The molecule has 2 aliphatic heterocycles. The quantitative estimate of drug-likeness (QED) is 0.612. The van der Waals surface area contributed by atoms with Crippen LogP contribution in [0.3, 0.4) is 0 Å². The number of halogens is 1. The summed E-state index contributed by atoms with van der Waals surface area (Å²) < 4.78 is 0. The molecule has 2 fully saturated rings. The molecule has 5 rings (SSSR count). The van der Waals surface area contributed by atoms with Gasteiger partial charge in [-0.2, -0.15) is 0 Å². The van der Waals surface area contributed by atoms with Crippen LogP contribution in [0.4, 0.5) is 5.82 Å². The van der Waals surface area contributed by atoms with Crippen molar-refractivity contribution in [3.8, 4) is 11.3 Å². The summed E-state index contributed by atoms with van der Waals surface area (Å²) in [7, 11) is 0. The Balaban J connectivity index is 1.38. The van der Waals surface area contributed by atoms with E-state index in [1.165, 1.54) is 0 Å². The molecular weight excluding hydrogens is 412 g/mol. The van der Waals surface area contributed by atoms with E-state index in [1.54, 1.807) is 12.4 Å². The molecule has 1 amide bonds. The number of aromatic nitrogens is 3. The van der Waals surface area contributed by atoms with Gasteiger partial charge in [0, 0.05) is 66.5 Å². The van der Waals surface area contributed by atoms with Crippen LogP contribution in [-0.2, 0) is 4.79 Å². The Morgan fingerprint density at radius 1 is 1.16 bits per heavy atom. The van der Waals surface area contributed by atoms with Crippen LogP contribution in [0.5, 0.6) is 0 Å². The molecule has 3 aromatic heterocycles. The maximum atomic E-state index is 12.7. The molecule has 0 radical (unpaired) electrons. The van der Waals surface area contributed by atoms with Crippen LogP contribution in [0.25, 0.3) is 22.0 Å². The van der Waals surface area contributed by atoms with Gasteiger partial charge in [0.05, 0.1) is 5.69 Å². The van der Waals surface area contributed by atoms with Crippen LogP contribution in [0, 0.1) is 5.92 Å². The lowest BCUT2D eigenvalue weighted by Crippen LogP contribution is -2.44. The first-order chi connectivity index (χ1) is 15.2. The lowest BCUT2D eigenvalue weighted by molar-refractivity contribution is -0.126. The molecular formula is C23H25ClN6O. The summed E-state index contributed by atoms with van der Waals surface area (Å²) in [5.74, 6) is 1.18. The molecule has 1 unspecified atom stereocenters. The second-order valence-corrected chi connectivity index (χ2v) is 8.64. The Labute approximate surface area is 186 Å². The fraction of sp³-hybridized carbons (Fsp3) is 0.391. The van der Waals surface area contributed by atoms with E-state index in [0.717, 1.165) is 73.3 Å². The van der Waals surface area contributed by atoms with E-state index in [1.807, 2.05) is 30.5 Å². The van der Waals surface area contributed by atoms with E-state index in [9.17, 15) is 4.79 Å². The van der Waals surface area contributed by atoms with E-state index >= 15 is 0 Å². The van der Waals surface area contributed by atoms with Crippen LogP contribution >= 0.6 is 11.6 Å². The molecule has 0 aromatic carbocycles. The molecule has 1 atom stereocenters. The van der Waals surface area contributed by atoms with Gasteiger partial charge in [-0.25, -0.2) is 9.97 Å². The van der Waals surface area contributed by atoms with Crippen molar-refractivity contribution in [3.63, 3.8) is 0 Å². The summed E-state index contributed by atoms with van der Waals surface area (Å²) in [5, 5.41) is 9.05. The van der Waals surface area contributed by atoms with Gasteiger partial charge >= 0.3 is 0 Å². The lowest BCUT2D eigenvalue weighted by Gasteiger charge is -2.33. The van der Waals surface area contributed by atoms with Gasteiger partial charge in [-0.05, 0) is 50.1 Å². The van der Waals surface area contributed by atoms with Crippen molar-refractivity contribution in [2.45, 2.75) is 25.3 Å². The van der Waals surface area contributed by atoms with Crippen LogP contribution in [-0.4, -0.2) is 53.1 Å². The van der Waals surface area contributed by atoms with Crippen LogP contribution in [0.2, 0.25) is 5.15 Å². The average molecular weight is 437 g/mol. The molecule has 3 aromatic rings. The van der Waals surface area contributed by atoms with E-state index in [0.29, 0.717) is 5.15 Å². The van der Waals surface area contributed by atoms with Gasteiger partial charge in [-0.3, -0.25) is 9.78 Å². The molecule has 2 aliphatic rings. The first kappa shape index (κ1) is 20.2. The smallest absolute Gasteiger partial charge is 0.223 e. The highest BCUT2D eigenvalue weighted by molar-refractivity contribution is 6.29. The SMILES string of the molecule is O=C(NC1CCNC1)C1CCN(c2nc(-c3ccnc(Cl)c3)cc3cnccc23)CC1. The Kier molecular flexibility index (Phi) is 5.70. The van der Waals surface area contributed by atoms with Gasteiger partial charge in [-0.1, -0.05) is 11.6 Å². The van der Waals surface area contributed by atoms with Gasteiger partial charge in [-0.15, -0.1) is 0 Å². The number of nitrogens with zero attached hydrogens (tertiary/aromatic N) is 4. The summed E-state index contributed by atoms with van der Waals surface area (Å²) in [6.07, 6.45) is 8.02. The number of carbonyl (C=O) groups excluding carboxylic acids is 1. The Morgan fingerprint density at radius 3 is 2.81 bits per heavy atom. The van der Waals surface area contributed by atoms with Crippen LogP contribution < -0.4 is 15.5 Å². The monoisotopic (exact) mass is 436 g/mol. The third kappa shape index (κ3) is 4.34. The summed E-state index contributed by atoms with van der Waals surface area (Å²) in [4.78, 5) is 28.3. The summed E-state index contributed by atoms with van der Waals surface area (Å²) in [5.41, 5.74) is 1.76. The first-order valence-electron chi connectivity index (χ1n) is 10.8. The highest BCUT2D eigenvalue weighted by Crippen LogP contribution is 2.32. The van der Waals surface area contributed by atoms with Gasteiger partial charge in [0.2, 0.25) is 5.91 Å². The van der Waals surface area contributed by atoms with Crippen LogP contribution in [0.15, 0.2) is 42.9 Å². The normalized spacial score (nSPS) is 19.6. The van der Waals surface area contributed by atoms with Crippen molar-refractivity contribution in [1.82, 2.24) is 25.6 Å². The van der Waals surface area contributed by atoms with E-state index in [-0.39, 0.29) is 17.9 Å². The number of pyridine rings is 3. The Morgan fingerprint density at radius 2 is 2.03 bits per heavy atom. The van der Waals surface area contributed by atoms with Gasteiger partial charge in [0.25, 0.3) is 0 Å². The molecule has 0 spiro atoms. The van der Waals surface area contributed by atoms with Gasteiger partial charge in [0.1, 0.15) is 11.0 Å². The highest BCUT2D eigenvalue weighted by atomic mass is 35.5. The van der Waals surface area contributed by atoms with Crippen molar-refractivity contribution in [2.24, 2.45) is 5.92 Å². The van der Waals surface area contributed by atoms with E-state index in [2.05, 4.69) is 25.5 Å². The van der Waals surface area contributed by atoms with E-state index < -0.39 is 0 Å². The van der Waals surface area contributed by atoms with Gasteiger partial charge < -0.3 is 15.5 Å². The second-order valence-electron chi connectivity index (χ2n) is 8.25. The van der Waals surface area contributed by atoms with Crippen molar-refractivity contribution in [1.29, 1.82) is 0 Å². The third-order valence-electron chi connectivity index (χ3n) is 6.21. The Hall–Kier alpha value is -2.77. The number of amides is 1. The number of anilines is 1. The minimum atomic E-state index is 0.0620. The maximum Gasteiger partial charge on any atom is 0.223 e. The predicted octanol–water partition coefficient (Wildman–Crippen LogP) is 3.04. The number of rotatable bonds is 4. The number of piperidine rings is 1. The number of nitrogens with one attached hydrogen (secondary N) is 2. The summed E-state index contributed by atoms with van der Waals surface area (Å²) in [6.45, 7) is 3.45. The molecule has 2 saturated heterocycles. The largest absolute Gasteiger partial charge is 0.356 e. The molecule has 2 N–H and O–H groups in total. The second kappa shape index (κ2) is 8.77. The lowest BCUT2D eigenvalue weighted by atomic mass is 9.95. The number of hydrogen-bond donors (Lipinski definition) is 2. The van der Waals surface area contributed by atoms with Crippen LogP contribution in [0.1, 0.15) is 19.3 Å². The molecule has 0 aliphatic carbocycles. The van der Waals surface area contributed by atoms with Crippen molar-refractivity contribution in [3.05, 3.63) is 48.0 Å². The zero-order valence-corrected chi connectivity index (χ0v) is 18.0. The number of hydrogen-bond acceptors (Lipinski definition) is 6. The minimum Gasteiger partial charge on any atom is -0.356 e. The fourth-order valence-corrected chi connectivity index (χ4v) is 4.65. The molecule has 160 valence electrons. The predicted molar refractivity (Wildman–Crippen MR) is 122 cm³/mol. The zero-order chi connectivity index (χ0) is 21.2. The molecule has 7 nitrogen and oxygen atoms in total. The minimum absolute atomic E-state index is 0.0620. The zero-order valence-electron chi connectivity index (χ0n) is 17.2. The molecule has 8 heteroatoms. The number of carbonyl (C=O) groups is 1. The third-order valence-corrected chi connectivity index (χ3v) is 6.41. The number of fused-ring (bicyclic) bond motifs is 1. The van der Waals surface area contributed by atoms with Crippen molar-refractivity contribution < 1.29 is 4.79 Å². The molecule has 5 heterocycles. The highest BCUT2D eigenvalue weighted by Gasteiger charge is 2.28. The van der Waals surface area contributed by atoms with Gasteiger partial charge in [0.15, 0.2) is 0 Å². The average Bonchev–Trinajstić information content (AvgIpc) is 3.31. The fourth-order valence-electron chi connectivity index (χ4n) is 4.48. The Bertz CT molecular complexity index is 1090. The molecule has 0 bridgehead atoms. The summed E-state index contributed by atoms with van der Waals surface area (Å²) in [6, 6.07) is 8.05. The first-order valence-corrected chi connectivity index (χ1v) is 11.2. The summed E-state index contributed by atoms with van der Waals surface area (Å²) >= 11 is 6.10. The molecule has 31 heavy (non-hydrogen) atoms. The molecule has 0 saturated carbocycles. The topological polar surface area (TPSA) is 83.0 Å². The van der Waals surface area contributed by atoms with Crippen molar-refractivity contribution in [2.75, 3.05) is 31.1 Å².